The van der Waals surface area contributed by atoms with Gasteiger partial charge in [-0.15, -0.1) is 0 Å². The molecule has 3 nitrogen and oxygen atoms in total. The summed E-state index contributed by atoms with van der Waals surface area (Å²) in [6.07, 6.45) is 3.21. The quantitative estimate of drug-likeness (QED) is 0.925. The Bertz CT molecular complexity index is 634. The van der Waals surface area contributed by atoms with Crippen LogP contribution in [0.3, 0.4) is 0 Å². The highest BCUT2D eigenvalue weighted by atomic mass is 15.0. The van der Waals surface area contributed by atoms with Crippen molar-refractivity contribution in [2.45, 2.75) is 39.0 Å². The summed E-state index contributed by atoms with van der Waals surface area (Å²) < 4.78 is 0. The zero-order valence-corrected chi connectivity index (χ0v) is 12.4. The highest BCUT2D eigenvalue weighted by Crippen LogP contribution is 2.37. The fraction of sp³-hybridized carbons (Fsp3) is 0.412. The molecule has 0 amide bonds. The topological polar surface area (TPSA) is 37.8 Å². The van der Waals surface area contributed by atoms with Crippen LogP contribution in [0.25, 0.3) is 0 Å². The van der Waals surface area contributed by atoms with Gasteiger partial charge < -0.3 is 5.32 Å². The van der Waals surface area contributed by atoms with E-state index in [0.29, 0.717) is 5.92 Å². The van der Waals surface area contributed by atoms with E-state index in [1.807, 2.05) is 7.05 Å². The molecule has 1 unspecified atom stereocenters. The molecule has 1 aromatic carbocycles. The summed E-state index contributed by atoms with van der Waals surface area (Å²) in [6.45, 7) is 4.24. The first-order valence-corrected chi connectivity index (χ1v) is 7.37. The van der Waals surface area contributed by atoms with E-state index in [-0.39, 0.29) is 0 Å². The number of nitrogens with zero attached hydrogens (tertiary/aromatic N) is 2. The van der Waals surface area contributed by atoms with Crippen molar-refractivity contribution in [3.05, 3.63) is 52.5 Å². The summed E-state index contributed by atoms with van der Waals surface area (Å²) in [6, 6.07) is 8.68. The normalized spacial score (nSPS) is 17.1. The monoisotopic (exact) mass is 267 g/mol. The SMILES string of the molecule is CCc1c(C)nc(C2CCc3ccccc32)nc1NC. The minimum absolute atomic E-state index is 0.350. The zero-order chi connectivity index (χ0) is 14.1. The molecule has 0 bridgehead atoms. The van der Waals surface area contributed by atoms with Gasteiger partial charge in [-0.1, -0.05) is 31.2 Å². The van der Waals surface area contributed by atoms with Crippen LogP contribution < -0.4 is 5.32 Å². The third kappa shape index (κ3) is 2.07. The lowest BCUT2D eigenvalue weighted by molar-refractivity contribution is 0.720. The van der Waals surface area contributed by atoms with Crippen molar-refractivity contribution in [1.82, 2.24) is 9.97 Å². The third-order valence-corrected chi connectivity index (χ3v) is 4.27. The second-order valence-electron chi connectivity index (χ2n) is 5.39. The van der Waals surface area contributed by atoms with Gasteiger partial charge >= 0.3 is 0 Å². The van der Waals surface area contributed by atoms with E-state index < -0.39 is 0 Å². The van der Waals surface area contributed by atoms with Crippen LogP contribution in [-0.2, 0) is 12.8 Å². The number of anilines is 1. The maximum Gasteiger partial charge on any atom is 0.138 e. The Kier molecular flexibility index (Phi) is 3.43. The van der Waals surface area contributed by atoms with E-state index in [1.165, 1.54) is 16.7 Å². The highest BCUT2D eigenvalue weighted by Gasteiger charge is 2.26. The van der Waals surface area contributed by atoms with Crippen LogP contribution >= 0.6 is 0 Å². The third-order valence-electron chi connectivity index (χ3n) is 4.27. The lowest BCUT2D eigenvalue weighted by atomic mass is 10.00. The van der Waals surface area contributed by atoms with Gasteiger partial charge in [-0.3, -0.25) is 0 Å². The molecule has 2 aromatic rings. The van der Waals surface area contributed by atoms with Crippen LogP contribution in [0.1, 0.15) is 47.5 Å². The summed E-state index contributed by atoms with van der Waals surface area (Å²) in [7, 11) is 1.94. The zero-order valence-electron chi connectivity index (χ0n) is 12.4. The van der Waals surface area contributed by atoms with Crippen molar-refractivity contribution >= 4 is 5.82 Å². The van der Waals surface area contributed by atoms with E-state index in [2.05, 4.69) is 43.4 Å². The molecule has 1 N–H and O–H groups in total. The summed E-state index contributed by atoms with van der Waals surface area (Å²) in [4.78, 5) is 9.56. The van der Waals surface area contributed by atoms with Crippen LogP contribution in [0.4, 0.5) is 5.82 Å². The first-order chi connectivity index (χ1) is 9.74. The van der Waals surface area contributed by atoms with E-state index in [4.69, 9.17) is 9.97 Å². The minimum atomic E-state index is 0.350. The molecule has 0 spiro atoms. The average Bonchev–Trinajstić information content (AvgIpc) is 2.90. The first-order valence-electron chi connectivity index (χ1n) is 7.37. The van der Waals surface area contributed by atoms with Gasteiger partial charge in [0.2, 0.25) is 0 Å². The molecule has 20 heavy (non-hydrogen) atoms. The Labute approximate surface area is 120 Å². The number of rotatable bonds is 3. The predicted octanol–water partition coefficient (Wildman–Crippen LogP) is 3.47. The number of benzene rings is 1. The number of aryl methyl sites for hydroxylation is 2. The van der Waals surface area contributed by atoms with Crippen molar-refractivity contribution < 1.29 is 0 Å². The number of aromatic nitrogens is 2. The Morgan fingerprint density at radius 3 is 2.80 bits per heavy atom. The van der Waals surface area contributed by atoms with Crippen LogP contribution in [0.5, 0.6) is 0 Å². The number of hydrogen-bond donors (Lipinski definition) is 1. The van der Waals surface area contributed by atoms with Crippen LogP contribution in [0.15, 0.2) is 24.3 Å². The largest absolute Gasteiger partial charge is 0.373 e. The van der Waals surface area contributed by atoms with E-state index in [0.717, 1.165) is 36.6 Å². The van der Waals surface area contributed by atoms with Gasteiger partial charge in [0.1, 0.15) is 11.6 Å². The predicted molar refractivity (Wildman–Crippen MR) is 82.3 cm³/mol. The second kappa shape index (κ2) is 5.23. The molecule has 3 rings (SSSR count). The fourth-order valence-electron chi connectivity index (χ4n) is 3.23. The molecule has 0 saturated heterocycles. The van der Waals surface area contributed by atoms with Crippen LogP contribution in [-0.4, -0.2) is 17.0 Å². The smallest absolute Gasteiger partial charge is 0.138 e. The lowest BCUT2D eigenvalue weighted by Crippen LogP contribution is -2.10. The first kappa shape index (κ1) is 13.1. The number of hydrogen-bond acceptors (Lipinski definition) is 3. The minimum Gasteiger partial charge on any atom is -0.373 e. The van der Waals surface area contributed by atoms with Crippen molar-refractivity contribution in [1.29, 1.82) is 0 Å². The Morgan fingerprint density at radius 2 is 2.05 bits per heavy atom. The van der Waals surface area contributed by atoms with Gasteiger partial charge in [0.05, 0.1) is 0 Å². The molecule has 1 atom stereocenters. The molecule has 1 heterocycles. The van der Waals surface area contributed by atoms with E-state index >= 15 is 0 Å². The van der Waals surface area contributed by atoms with Crippen molar-refractivity contribution in [2.24, 2.45) is 0 Å². The average molecular weight is 267 g/mol. The number of fused-ring (bicyclic) bond motifs is 1. The molecular weight excluding hydrogens is 246 g/mol. The van der Waals surface area contributed by atoms with E-state index in [9.17, 15) is 0 Å². The molecule has 0 aliphatic heterocycles. The maximum atomic E-state index is 4.78. The highest BCUT2D eigenvalue weighted by molar-refractivity contribution is 5.48. The number of nitrogens with one attached hydrogen (secondary N) is 1. The molecule has 0 saturated carbocycles. The van der Waals surface area contributed by atoms with Gasteiger partial charge in [-0.05, 0) is 37.3 Å². The van der Waals surface area contributed by atoms with Crippen molar-refractivity contribution in [2.75, 3.05) is 12.4 Å². The molecule has 1 aromatic heterocycles. The van der Waals surface area contributed by atoms with Crippen LogP contribution in [0, 0.1) is 6.92 Å². The van der Waals surface area contributed by atoms with Crippen molar-refractivity contribution in [3.8, 4) is 0 Å². The standard InChI is InChI=1S/C17H21N3/c1-4-13-11(2)19-17(20-16(13)18-3)15-10-9-12-7-5-6-8-14(12)15/h5-8,15H,4,9-10H2,1-3H3,(H,18,19,20). The summed E-state index contributed by atoms with van der Waals surface area (Å²) in [5, 5.41) is 3.22. The summed E-state index contributed by atoms with van der Waals surface area (Å²) >= 11 is 0. The molecule has 3 heteroatoms. The van der Waals surface area contributed by atoms with Gasteiger partial charge in [-0.2, -0.15) is 0 Å². The molecule has 0 fully saturated rings. The van der Waals surface area contributed by atoms with Crippen LogP contribution in [0.2, 0.25) is 0 Å². The molecule has 104 valence electrons. The van der Waals surface area contributed by atoms with Gasteiger partial charge in [-0.25, -0.2) is 9.97 Å². The van der Waals surface area contributed by atoms with Gasteiger partial charge in [0.25, 0.3) is 0 Å². The second-order valence-corrected chi connectivity index (χ2v) is 5.39. The molecule has 1 aliphatic carbocycles. The Morgan fingerprint density at radius 1 is 1.25 bits per heavy atom. The summed E-state index contributed by atoms with van der Waals surface area (Å²) in [5.41, 5.74) is 5.18. The van der Waals surface area contributed by atoms with E-state index in [1.54, 1.807) is 0 Å². The lowest BCUT2D eigenvalue weighted by Gasteiger charge is -2.15. The van der Waals surface area contributed by atoms with Crippen molar-refractivity contribution in [3.63, 3.8) is 0 Å². The maximum absolute atomic E-state index is 4.78. The Balaban J connectivity index is 2.06. The Hall–Kier alpha value is -1.90. The summed E-state index contributed by atoms with van der Waals surface area (Å²) in [5.74, 6) is 2.30. The molecule has 0 radical (unpaired) electrons. The fourth-order valence-corrected chi connectivity index (χ4v) is 3.23. The molecule has 1 aliphatic rings. The van der Waals surface area contributed by atoms with Gasteiger partial charge in [0.15, 0.2) is 0 Å². The van der Waals surface area contributed by atoms with Gasteiger partial charge in [0, 0.05) is 24.2 Å². The molecular formula is C17H21N3.